The highest BCUT2D eigenvalue weighted by Crippen LogP contribution is 2.14. The normalized spacial score (nSPS) is 11.5. The van der Waals surface area contributed by atoms with Gasteiger partial charge in [-0.15, -0.1) is 0 Å². The van der Waals surface area contributed by atoms with Crippen molar-refractivity contribution < 1.29 is 13.2 Å². The highest BCUT2D eigenvalue weighted by Gasteiger charge is 2.15. The Morgan fingerprint density at radius 1 is 1.08 bits per heavy atom. The second kappa shape index (κ2) is 8.47. The molecule has 0 aliphatic rings. The molecule has 2 rings (SSSR count). The van der Waals surface area contributed by atoms with Crippen LogP contribution in [0, 0.1) is 0 Å². The highest BCUT2D eigenvalue weighted by atomic mass is 35.5. The lowest BCUT2D eigenvalue weighted by molar-refractivity contribution is 0.0951. The minimum atomic E-state index is -3.43. The van der Waals surface area contributed by atoms with Gasteiger partial charge in [-0.05, 0) is 43.2 Å². The molecule has 0 saturated carbocycles. The molecule has 5 nitrogen and oxygen atoms in total. The maximum atomic E-state index is 12.2. The fraction of sp³-hybridized carbons (Fsp3) is 0.278. The Morgan fingerprint density at radius 3 is 2.40 bits per heavy atom. The molecule has 0 radical (unpaired) electrons. The zero-order chi connectivity index (χ0) is 18.4. The average molecular weight is 381 g/mol. The molecule has 2 N–H and O–H groups in total. The van der Waals surface area contributed by atoms with E-state index in [0.717, 1.165) is 5.56 Å². The minimum absolute atomic E-state index is 0.131. The molecule has 0 fully saturated rings. The zero-order valence-corrected chi connectivity index (χ0v) is 15.7. The van der Waals surface area contributed by atoms with Crippen molar-refractivity contribution in [1.82, 2.24) is 10.0 Å². The molecule has 0 saturated heterocycles. The summed E-state index contributed by atoms with van der Waals surface area (Å²) in [5.41, 5.74) is 1.87. The number of carbonyl (C=O) groups is 1. The van der Waals surface area contributed by atoms with E-state index in [0.29, 0.717) is 16.1 Å². The lowest BCUT2D eigenvalue weighted by atomic mass is 10.1. The smallest absolute Gasteiger partial charge is 0.251 e. The lowest BCUT2D eigenvalue weighted by Crippen LogP contribution is -2.31. The quantitative estimate of drug-likeness (QED) is 0.775. The van der Waals surface area contributed by atoms with Crippen molar-refractivity contribution in [1.29, 1.82) is 0 Å². The van der Waals surface area contributed by atoms with E-state index in [1.165, 1.54) is 0 Å². The second-order valence-corrected chi connectivity index (χ2v) is 8.18. The summed E-state index contributed by atoms with van der Waals surface area (Å²) < 4.78 is 26.9. The second-order valence-electron chi connectivity index (χ2n) is 5.99. The van der Waals surface area contributed by atoms with Crippen LogP contribution >= 0.6 is 11.6 Å². The van der Waals surface area contributed by atoms with Gasteiger partial charge in [0.2, 0.25) is 10.0 Å². The van der Waals surface area contributed by atoms with Crippen molar-refractivity contribution in [3.63, 3.8) is 0 Å². The van der Waals surface area contributed by atoms with Gasteiger partial charge in [0.1, 0.15) is 0 Å². The Bertz CT molecular complexity index is 851. The minimum Gasteiger partial charge on any atom is -0.348 e. The van der Waals surface area contributed by atoms with Crippen molar-refractivity contribution >= 4 is 27.5 Å². The van der Waals surface area contributed by atoms with Gasteiger partial charge in [0.05, 0.1) is 5.75 Å². The molecule has 25 heavy (non-hydrogen) atoms. The summed E-state index contributed by atoms with van der Waals surface area (Å²) in [6, 6.07) is 13.6. The number of sulfonamides is 1. The third-order valence-corrected chi connectivity index (χ3v) is 5.16. The number of hydrogen-bond acceptors (Lipinski definition) is 3. The van der Waals surface area contributed by atoms with E-state index < -0.39 is 10.0 Å². The van der Waals surface area contributed by atoms with E-state index in [4.69, 9.17) is 11.6 Å². The first-order chi connectivity index (χ1) is 11.8. The number of nitrogens with one attached hydrogen (secondary N) is 2. The summed E-state index contributed by atoms with van der Waals surface area (Å²) >= 11 is 5.89. The molecule has 0 unspecified atom stereocenters. The third-order valence-electron chi connectivity index (χ3n) is 3.41. The Morgan fingerprint density at radius 2 is 1.76 bits per heavy atom. The molecule has 1 amide bonds. The number of rotatable bonds is 7. The first kappa shape index (κ1) is 19.4. The summed E-state index contributed by atoms with van der Waals surface area (Å²) in [6.45, 7) is 3.78. The molecule has 134 valence electrons. The van der Waals surface area contributed by atoms with E-state index >= 15 is 0 Å². The van der Waals surface area contributed by atoms with Crippen LogP contribution in [0.2, 0.25) is 5.02 Å². The van der Waals surface area contributed by atoms with Gasteiger partial charge >= 0.3 is 0 Å². The van der Waals surface area contributed by atoms with Gasteiger partial charge in [-0.3, -0.25) is 4.79 Å². The predicted molar refractivity (Wildman–Crippen MR) is 100.0 cm³/mol. The topological polar surface area (TPSA) is 75.3 Å². The van der Waals surface area contributed by atoms with Crippen LogP contribution < -0.4 is 10.0 Å². The van der Waals surface area contributed by atoms with Crippen molar-refractivity contribution in [2.75, 3.05) is 0 Å². The molecule has 7 heteroatoms. The maximum absolute atomic E-state index is 12.2. The van der Waals surface area contributed by atoms with Gasteiger partial charge < -0.3 is 5.32 Å². The van der Waals surface area contributed by atoms with Crippen molar-refractivity contribution in [3.8, 4) is 0 Å². The van der Waals surface area contributed by atoms with Gasteiger partial charge in [0.25, 0.3) is 5.91 Å². The number of amides is 1. The predicted octanol–water partition coefficient (Wildman–Crippen LogP) is 3.10. The van der Waals surface area contributed by atoms with Gasteiger partial charge in [-0.2, -0.15) is 0 Å². The average Bonchev–Trinajstić information content (AvgIpc) is 2.52. The van der Waals surface area contributed by atoms with Crippen molar-refractivity contribution in [2.45, 2.75) is 32.2 Å². The molecule has 0 aliphatic carbocycles. The van der Waals surface area contributed by atoms with Crippen molar-refractivity contribution in [3.05, 3.63) is 70.2 Å². The summed E-state index contributed by atoms with van der Waals surface area (Å²) in [6.07, 6.45) is 0. The molecule has 0 aliphatic heterocycles. The van der Waals surface area contributed by atoms with E-state index in [2.05, 4.69) is 10.0 Å². The highest BCUT2D eigenvalue weighted by molar-refractivity contribution is 7.88. The van der Waals surface area contributed by atoms with E-state index in [9.17, 15) is 13.2 Å². The van der Waals surface area contributed by atoms with Crippen LogP contribution in [0.4, 0.5) is 0 Å². The Kier molecular flexibility index (Phi) is 6.58. The standard InChI is InChI=1S/C18H21ClN2O3S/c1-13(2)21-25(23,24)12-16-7-4-3-6-15(16)11-20-18(22)14-8-5-9-17(19)10-14/h3-10,13,21H,11-12H2,1-2H3,(H,20,22). The van der Waals surface area contributed by atoms with Gasteiger partial charge in [-0.1, -0.05) is 41.9 Å². The number of benzene rings is 2. The van der Waals surface area contributed by atoms with Crippen LogP contribution in [0.5, 0.6) is 0 Å². The first-order valence-electron chi connectivity index (χ1n) is 7.87. The fourth-order valence-corrected chi connectivity index (χ4v) is 4.07. The number of carbonyl (C=O) groups excluding carboxylic acids is 1. The van der Waals surface area contributed by atoms with Gasteiger partial charge in [0, 0.05) is 23.2 Å². The van der Waals surface area contributed by atoms with E-state index in [-0.39, 0.29) is 24.2 Å². The molecule has 0 atom stereocenters. The largest absolute Gasteiger partial charge is 0.348 e. The summed E-state index contributed by atoms with van der Waals surface area (Å²) in [5, 5.41) is 3.28. The zero-order valence-electron chi connectivity index (χ0n) is 14.1. The molecular formula is C18H21ClN2O3S. The lowest BCUT2D eigenvalue weighted by Gasteiger charge is -2.13. The summed E-state index contributed by atoms with van der Waals surface area (Å²) in [4.78, 5) is 12.2. The Hall–Kier alpha value is -1.89. The molecule has 0 spiro atoms. The molecular weight excluding hydrogens is 360 g/mol. The summed E-state index contributed by atoms with van der Waals surface area (Å²) in [5.74, 6) is -0.394. The fourth-order valence-electron chi connectivity index (χ4n) is 2.38. The molecule has 2 aromatic rings. The van der Waals surface area contributed by atoms with Crippen LogP contribution in [0.25, 0.3) is 0 Å². The SMILES string of the molecule is CC(C)NS(=O)(=O)Cc1ccccc1CNC(=O)c1cccc(Cl)c1. The molecule has 2 aromatic carbocycles. The maximum Gasteiger partial charge on any atom is 0.251 e. The summed E-state index contributed by atoms with van der Waals surface area (Å²) in [7, 11) is -3.43. The molecule has 0 heterocycles. The van der Waals surface area contributed by atoms with Crippen LogP contribution in [-0.4, -0.2) is 20.4 Å². The first-order valence-corrected chi connectivity index (χ1v) is 9.90. The van der Waals surface area contributed by atoms with Gasteiger partial charge in [0.15, 0.2) is 0 Å². The Labute approximate surface area is 153 Å². The van der Waals surface area contributed by atoms with Crippen LogP contribution in [0.3, 0.4) is 0 Å². The number of hydrogen-bond donors (Lipinski definition) is 2. The van der Waals surface area contributed by atoms with Crippen LogP contribution in [0.15, 0.2) is 48.5 Å². The van der Waals surface area contributed by atoms with Crippen LogP contribution in [0.1, 0.15) is 35.3 Å². The number of halogens is 1. The van der Waals surface area contributed by atoms with Crippen LogP contribution in [-0.2, 0) is 22.3 Å². The molecule has 0 aromatic heterocycles. The Balaban J connectivity index is 2.09. The van der Waals surface area contributed by atoms with E-state index in [1.807, 2.05) is 6.07 Å². The van der Waals surface area contributed by atoms with Gasteiger partial charge in [-0.25, -0.2) is 13.1 Å². The van der Waals surface area contributed by atoms with Crippen molar-refractivity contribution in [2.24, 2.45) is 0 Å². The third kappa shape index (κ3) is 6.16. The van der Waals surface area contributed by atoms with E-state index in [1.54, 1.807) is 56.3 Å². The molecule has 0 bridgehead atoms. The monoisotopic (exact) mass is 380 g/mol.